The Morgan fingerprint density at radius 1 is 1.10 bits per heavy atom. The predicted molar refractivity (Wildman–Crippen MR) is 79.9 cm³/mol. The fraction of sp³-hybridized carbons (Fsp3) is 0. The van der Waals surface area contributed by atoms with Crippen LogP contribution in [0.5, 0.6) is 0 Å². The first kappa shape index (κ1) is 11.5. The Kier molecular flexibility index (Phi) is 2.37. The molecule has 0 saturated heterocycles. The number of halogens is 1. The van der Waals surface area contributed by atoms with E-state index in [0.29, 0.717) is 32.4 Å². The first-order chi connectivity index (χ1) is 9.75. The molecule has 1 aliphatic heterocycles. The molecule has 1 aromatic carbocycles. The molecule has 1 aliphatic carbocycles. The molecule has 0 bridgehead atoms. The maximum Gasteiger partial charge on any atom is 0.222 e. The lowest BCUT2D eigenvalue weighted by atomic mass is 10.1. The van der Waals surface area contributed by atoms with E-state index >= 15 is 0 Å². The van der Waals surface area contributed by atoms with Crippen LogP contribution in [0.1, 0.15) is 0 Å². The highest BCUT2D eigenvalue weighted by molar-refractivity contribution is 9.10. The first-order valence-corrected chi connectivity index (χ1v) is 6.81. The summed E-state index contributed by atoms with van der Waals surface area (Å²) in [4.78, 5) is 21.0. The van der Waals surface area contributed by atoms with Crippen molar-refractivity contribution >= 4 is 37.9 Å². The number of aromatic nitrogens is 2. The Hall–Kier alpha value is -2.27. The van der Waals surface area contributed by atoms with Gasteiger partial charge in [0.05, 0.1) is 0 Å². The summed E-state index contributed by atoms with van der Waals surface area (Å²) in [7, 11) is 0. The number of benzene rings is 2. The van der Waals surface area contributed by atoms with Crippen LogP contribution in [-0.2, 0) is 0 Å². The van der Waals surface area contributed by atoms with Crippen LogP contribution in [0.2, 0.25) is 0 Å². The van der Waals surface area contributed by atoms with Gasteiger partial charge in [-0.05, 0) is 40.2 Å². The zero-order valence-electron chi connectivity index (χ0n) is 10.1. The summed E-state index contributed by atoms with van der Waals surface area (Å²) in [5.74, 6) is 0.453. The summed E-state index contributed by atoms with van der Waals surface area (Å²) < 4.78 is 6.19. The van der Waals surface area contributed by atoms with Gasteiger partial charge in [0.2, 0.25) is 5.43 Å². The van der Waals surface area contributed by atoms with Gasteiger partial charge in [0.1, 0.15) is 21.2 Å². The van der Waals surface area contributed by atoms with Gasteiger partial charge in [-0.15, -0.1) is 0 Å². The molecular weight excluding hydrogens is 320 g/mol. The smallest absolute Gasteiger partial charge is 0.222 e. The van der Waals surface area contributed by atoms with Crippen molar-refractivity contribution in [2.75, 3.05) is 0 Å². The Morgan fingerprint density at radius 2 is 1.95 bits per heavy atom. The van der Waals surface area contributed by atoms with E-state index in [9.17, 15) is 4.79 Å². The number of hydrogen-bond acceptors (Lipinski definition) is 4. The van der Waals surface area contributed by atoms with Gasteiger partial charge < -0.3 is 4.42 Å². The molecule has 5 heteroatoms. The van der Waals surface area contributed by atoms with Crippen LogP contribution in [0.4, 0.5) is 0 Å². The van der Waals surface area contributed by atoms with Gasteiger partial charge in [-0.25, -0.2) is 4.98 Å². The predicted octanol–water partition coefficient (Wildman–Crippen LogP) is 3.60. The molecule has 0 amide bonds. The van der Waals surface area contributed by atoms with Crippen molar-refractivity contribution in [3.63, 3.8) is 0 Å². The third-order valence-corrected chi connectivity index (χ3v) is 3.92. The van der Waals surface area contributed by atoms with Gasteiger partial charge >= 0.3 is 0 Å². The van der Waals surface area contributed by atoms with Gasteiger partial charge in [-0.3, -0.25) is 9.78 Å². The highest BCUT2D eigenvalue weighted by Gasteiger charge is 2.21. The highest BCUT2D eigenvalue weighted by Crippen LogP contribution is 2.34. The van der Waals surface area contributed by atoms with Crippen molar-refractivity contribution in [3.05, 3.63) is 57.3 Å². The highest BCUT2D eigenvalue weighted by atomic mass is 79.9. The largest absolute Gasteiger partial charge is 0.451 e. The summed E-state index contributed by atoms with van der Waals surface area (Å²) >= 11 is 3.30. The average molecular weight is 327 g/mol. The van der Waals surface area contributed by atoms with Crippen molar-refractivity contribution in [1.82, 2.24) is 9.97 Å². The molecule has 0 saturated carbocycles. The van der Waals surface area contributed by atoms with Crippen molar-refractivity contribution in [1.29, 1.82) is 0 Å². The third kappa shape index (κ3) is 1.50. The molecule has 0 N–H and O–H groups in total. The van der Waals surface area contributed by atoms with E-state index in [1.165, 1.54) is 0 Å². The molecule has 2 heterocycles. The molecule has 4 nitrogen and oxygen atoms in total. The molecule has 0 radical (unpaired) electrons. The summed E-state index contributed by atoms with van der Waals surface area (Å²) in [6.07, 6.45) is 1.60. The van der Waals surface area contributed by atoms with Crippen LogP contribution >= 0.6 is 15.9 Å². The number of fused-ring (bicyclic) bond motifs is 4. The topological polar surface area (TPSA) is 56.0 Å². The standard InChI is InChI=1S/C15H7BrN2O2/c16-11-14(19)12-8(4-3-7-17-12)13-15(11)20-10-6-2-1-5-9(10)18-13/h1-7H. The maximum absolute atomic E-state index is 12.3. The minimum atomic E-state index is -0.186. The van der Waals surface area contributed by atoms with Crippen LogP contribution < -0.4 is 5.43 Å². The molecule has 96 valence electrons. The Bertz CT molecular complexity index is 994. The van der Waals surface area contributed by atoms with E-state index in [4.69, 9.17) is 4.42 Å². The minimum Gasteiger partial charge on any atom is -0.451 e. The molecule has 20 heavy (non-hydrogen) atoms. The normalized spacial score (nSPS) is 11.4. The van der Waals surface area contributed by atoms with Crippen molar-refractivity contribution in [2.24, 2.45) is 0 Å². The number of nitrogens with zero attached hydrogens (tertiary/aromatic N) is 2. The second-order valence-electron chi connectivity index (χ2n) is 4.40. The van der Waals surface area contributed by atoms with E-state index in [-0.39, 0.29) is 5.43 Å². The van der Waals surface area contributed by atoms with Crippen LogP contribution in [0.15, 0.2) is 56.3 Å². The lowest BCUT2D eigenvalue weighted by molar-refractivity contribution is 0.610. The van der Waals surface area contributed by atoms with E-state index in [1.54, 1.807) is 12.3 Å². The quantitative estimate of drug-likeness (QED) is 0.366. The second kappa shape index (κ2) is 4.11. The van der Waals surface area contributed by atoms with E-state index in [1.807, 2.05) is 30.3 Å². The van der Waals surface area contributed by atoms with Crippen LogP contribution in [0.3, 0.4) is 0 Å². The maximum atomic E-state index is 12.3. The molecule has 1 aromatic heterocycles. The van der Waals surface area contributed by atoms with Crippen molar-refractivity contribution < 1.29 is 4.42 Å². The molecular formula is C15H7BrN2O2. The van der Waals surface area contributed by atoms with E-state index < -0.39 is 0 Å². The number of hydrogen-bond donors (Lipinski definition) is 0. The molecule has 0 spiro atoms. The van der Waals surface area contributed by atoms with Crippen LogP contribution in [0, 0.1) is 0 Å². The zero-order valence-corrected chi connectivity index (χ0v) is 11.7. The van der Waals surface area contributed by atoms with Crippen LogP contribution in [-0.4, -0.2) is 9.97 Å². The molecule has 0 fully saturated rings. The van der Waals surface area contributed by atoms with Gasteiger partial charge in [0, 0.05) is 11.6 Å². The Labute approximate surface area is 121 Å². The number of pyridine rings is 1. The van der Waals surface area contributed by atoms with Crippen molar-refractivity contribution in [3.8, 4) is 11.5 Å². The summed E-state index contributed by atoms with van der Waals surface area (Å²) in [6.45, 7) is 0. The molecule has 4 rings (SSSR count). The first-order valence-electron chi connectivity index (χ1n) is 6.01. The Balaban J connectivity index is 2.34. The lowest BCUT2D eigenvalue weighted by Gasteiger charge is -2.10. The van der Waals surface area contributed by atoms with E-state index in [0.717, 1.165) is 5.52 Å². The monoisotopic (exact) mass is 326 g/mol. The molecule has 0 unspecified atom stereocenters. The fourth-order valence-electron chi connectivity index (χ4n) is 2.28. The van der Waals surface area contributed by atoms with Gasteiger partial charge in [0.25, 0.3) is 0 Å². The number of rotatable bonds is 0. The Morgan fingerprint density at radius 3 is 2.85 bits per heavy atom. The lowest BCUT2D eigenvalue weighted by Crippen LogP contribution is -2.08. The number of para-hydroxylation sites is 2. The van der Waals surface area contributed by atoms with Crippen LogP contribution in [0.25, 0.3) is 33.5 Å². The van der Waals surface area contributed by atoms with Gasteiger partial charge in [0.15, 0.2) is 11.3 Å². The zero-order chi connectivity index (χ0) is 13.7. The summed E-state index contributed by atoms with van der Waals surface area (Å²) in [5, 5.41) is 0.699. The summed E-state index contributed by atoms with van der Waals surface area (Å²) in [6, 6.07) is 11.1. The summed E-state index contributed by atoms with van der Waals surface area (Å²) in [5.41, 5.74) is 2.23. The molecule has 0 atom stereocenters. The third-order valence-electron chi connectivity index (χ3n) is 3.20. The average Bonchev–Trinajstić information content (AvgIpc) is 2.51. The molecule has 2 aromatic rings. The minimum absolute atomic E-state index is 0.186. The fourth-order valence-corrected chi connectivity index (χ4v) is 2.74. The SMILES string of the molecule is O=c1c(Br)c2oc3ccccc3nc-2c2cccnc12. The molecule has 2 aliphatic rings. The van der Waals surface area contributed by atoms with Gasteiger partial charge in [-0.1, -0.05) is 12.1 Å². The van der Waals surface area contributed by atoms with Crippen molar-refractivity contribution in [2.45, 2.75) is 0 Å². The van der Waals surface area contributed by atoms with Gasteiger partial charge in [-0.2, -0.15) is 0 Å². The van der Waals surface area contributed by atoms with E-state index in [2.05, 4.69) is 25.9 Å². The second-order valence-corrected chi connectivity index (χ2v) is 5.19.